The smallest absolute Gasteiger partial charge is 0.325 e. The molecule has 1 fully saturated rings. The van der Waals surface area contributed by atoms with Crippen molar-refractivity contribution in [3.8, 4) is 6.07 Å². The van der Waals surface area contributed by atoms with E-state index in [0.29, 0.717) is 28.3 Å². The van der Waals surface area contributed by atoms with Crippen molar-refractivity contribution in [3.05, 3.63) is 53.0 Å². The highest BCUT2D eigenvalue weighted by molar-refractivity contribution is 6.10. The number of amides is 4. The van der Waals surface area contributed by atoms with Crippen molar-refractivity contribution in [1.29, 1.82) is 5.26 Å². The van der Waals surface area contributed by atoms with Crippen LogP contribution in [0.5, 0.6) is 0 Å². The molecule has 1 aromatic heterocycles. The summed E-state index contributed by atoms with van der Waals surface area (Å²) in [5.74, 6) is 0.0814. The summed E-state index contributed by atoms with van der Waals surface area (Å²) < 4.78 is 5.47. The number of rotatable bonds is 4. The second kappa shape index (κ2) is 6.61. The van der Waals surface area contributed by atoms with Gasteiger partial charge in [0.15, 0.2) is 0 Å². The molecular formula is C19H18N4O4. The first-order chi connectivity index (χ1) is 12.7. The first kappa shape index (κ1) is 18.2. The van der Waals surface area contributed by atoms with Crippen LogP contribution < -0.4 is 10.6 Å². The Morgan fingerprint density at radius 3 is 2.70 bits per heavy atom. The summed E-state index contributed by atoms with van der Waals surface area (Å²) in [4.78, 5) is 38.3. The number of anilines is 1. The molecule has 3 rings (SSSR count). The quantitative estimate of drug-likeness (QED) is 0.805. The van der Waals surface area contributed by atoms with Crippen LogP contribution in [0.4, 0.5) is 10.5 Å². The van der Waals surface area contributed by atoms with Crippen LogP contribution in [0, 0.1) is 25.2 Å². The summed E-state index contributed by atoms with van der Waals surface area (Å²) in [6.45, 7) is 4.61. The van der Waals surface area contributed by atoms with E-state index in [1.807, 2.05) is 6.07 Å². The van der Waals surface area contributed by atoms with Crippen molar-refractivity contribution in [2.75, 3.05) is 11.9 Å². The summed E-state index contributed by atoms with van der Waals surface area (Å²) in [6.07, 6.45) is 0. The van der Waals surface area contributed by atoms with Crippen LogP contribution in [0.1, 0.15) is 29.6 Å². The van der Waals surface area contributed by atoms with Crippen LogP contribution in [0.3, 0.4) is 0 Å². The van der Waals surface area contributed by atoms with Gasteiger partial charge in [-0.3, -0.25) is 14.5 Å². The Hall–Kier alpha value is -3.60. The number of imide groups is 1. The zero-order valence-corrected chi connectivity index (χ0v) is 15.1. The van der Waals surface area contributed by atoms with Crippen molar-refractivity contribution < 1.29 is 18.8 Å². The van der Waals surface area contributed by atoms with Gasteiger partial charge in [-0.2, -0.15) is 5.26 Å². The van der Waals surface area contributed by atoms with Crippen LogP contribution in [0.2, 0.25) is 0 Å². The van der Waals surface area contributed by atoms with Crippen molar-refractivity contribution >= 4 is 23.5 Å². The third-order valence-electron chi connectivity index (χ3n) is 4.43. The van der Waals surface area contributed by atoms with Gasteiger partial charge in [0.25, 0.3) is 5.91 Å². The number of nitrogens with one attached hydrogen (secondary N) is 2. The largest absolute Gasteiger partial charge is 0.466 e. The molecule has 1 aliphatic rings. The average Bonchev–Trinajstić information content (AvgIpc) is 3.07. The van der Waals surface area contributed by atoms with Gasteiger partial charge >= 0.3 is 6.03 Å². The lowest BCUT2D eigenvalue weighted by Gasteiger charge is -2.21. The second-order valence-corrected chi connectivity index (χ2v) is 6.51. The summed E-state index contributed by atoms with van der Waals surface area (Å²) >= 11 is 0. The fourth-order valence-corrected chi connectivity index (χ4v) is 3.16. The Bertz CT molecular complexity index is 988. The van der Waals surface area contributed by atoms with Crippen LogP contribution in [-0.2, 0) is 15.1 Å². The number of nitriles is 1. The summed E-state index contributed by atoms with van der Waals surface area (Å²) in [5.41, 5.74) is 0.0687. The molecule has 0 aliphatic carbocycles. The zero-order valence-electron chi connectivity index (χ0n) is 15.1. The minimum atomic E-state index is -1.29. The molecule has 8 heteroatoms. The lowest BCUT2D eigenvalue weighted by Crippen LogP contribution is -2.42. The van der Waals surface area contributed by atoms with E-state index in [1.54, 1.807) is 45.0 Å². The van der Waals surface area contributed by atoms with E-state index in [2.05, 4.69) is 10.6 Å². The second-order valence-electron chi connectivity index (χ2n) is 6.51. The number of nitrogens with zero attached hydrogens (tertiary/aromatic N) is 2. The van der Waals surface area contributed by atoms with Gasteiger partial charge in [0.05, 0.1) is 11.6 Å². The lowest BCUT2D eigenvalue weighted by molar-refractivity contribution is -0.133. The van der Waals surface area contributed by atoms with Crippen LogP contribution >= 0.6 is 0 Å². The molecule has 0 saturated carbocycles. The molecule has 2 N–H and O–H groups in total. The van der Waals surface area contributed by atoms with Crippen molar-refractivity contribution in [1.82, 2.24) is 10.2 Å². The maximum atomic E-state index is 12.9. The van der Waals surface area contributed by atoms with Crippen molar-refractivity contribution in [2.45, 2.75) is 26.3 Å². The van der Waals surface area contributed by atoms with Crippen molar-refractivity contribution in [2.24, 2.45) is 0 Å². The van der Waals surface area contributed by atoms with Crippen molar-refractivity contribution in [3.63, 3.8) is 0 Å². The van der Waals surface area contributed by atoms with Gasteiger partial charge in [-0.1, -0.05) is 6.07 Å². The number of furan rings is 1. The molecule has 2 aromatic rings. The Kier molecular flexibility index (Phi) is 4.45. The molecule has 2 heterocycles. The third-order valence-corrected chi connectivity index (χ3v) is 4.43. The number of carbonyl (C=O) groups is 3. The van der Waals surface area contributed by atoms with Crippen LogP contribution in [0.15, 0.2) is 34.7 Å². The first-order valence-electron chi connectivity index (χ1n) is 8.26. The Morgan fingerprint density at radius 1 is 1.33 bits per heavy atom. The van der Waals surface area contributed by atoms with Gasteiger partial charge in [-0.05, 0) is 45.0 Å². The minimum Gasteiger partial charge on any atom is -0.466 e. The molecule has 8 nitrogen and oxygen atoms in total. The number of urea groups is 1. The Labute approximate surface area is 155 Å². The molecule has 0 radical (unpaired) electrons. The third kappa shape index (κ3) is 3.27. The predicted molar refractivity (Wildman–Crippen MR) is 95.6 cm³/mol. The summed E-state index contributed by atoms with van der Waals surface area (Å²) in [7, 11) is 0. The normalized spacial score (nSPS) is 19.0. The van der Waals surface area contributed by atoms with Gasteiger partial charge < -0.3 is 15.1 Å². The van der Waals surface area contributed by atoms with Gasteiger partial charge in [-0.15, -0.1) is 0 Å². The van der Waals surface area contributed by atoms with Crippen LogP contribution in [0.25, 0.3) is 0 Å². The molecule has 0 bridgehead atoms. The van der Waals surface area contributed by atoms with E-state index < -0.39 is 29.9 Å². The molecule has 1 atom stereocenters. The highest BCUT2D eigenvalue weighted by Crippen LogP contribution is 2.32. The lowest BCUT2D eigenvalue weighted by atomic mass is 9.92. The SMILES string of the molecule is Cc1cc([C@]2(C)NC(=O)N(CC(=O)Nc3cccc(C#N)c3)C2=O)c(C)o1. The molecule has 138 valence electrons. The fourth-order valence-electron chi connectivity index (χ4n) is 3.16. The summed E-state index contributed by atoms with van der Waals surface area (Å²) in [5, 5.41) is 14.1. The maximum absolute atomic E-state index is 12.9. The zero-order chi connectivity index (χ0) is 19.8. The molecule has 0 spiro atoms. The standard InChI is InChI=1S/C19H18N4O4/c1-11-7-15(12(2)27-11)19(3)17(25)23(18(26)22-19)10-16(24)21-14-6-4-5-13(8-14)9-20/h4-8H,10H2,1-3H3,(H,21,24)(H,22,26)/t19-/m0/s1. The van der Waals surface area contributed by atoms with E-state index >= 15 is 0 Å². The monoisotopic (exact) mass is 366 g/mol. The Balaban J connectivity index is 1.76. The number of carbonyl (C=O) groups excluding carboxylic acids is 3. The molecule has 0 unspecified atom stereocenters. The fraction of sp³-hybridized carbons (Fsp3) is 0.263. The number of benzene rings is 1. The summed E-state index contributed by atoms with van der Waals surface area (Å²) in [6, 6.07) is 9.38. The number of aryl methyl sites for hydroxylation is 2. The average molecular weight is 366 g/mol. The predicted octanol–water partition coefficient (Wildman–Crippen LogP) is 2.17. The minimum absolute atomic E-state index is 0.390. The molecule has 4 amide bonds. The molecule has 1 aliphatic heterocycles. The number of hydrogen-bond acceptors (Lipinski definition) is 5. The van der Waals surface area contributed by atoms with Gasteiger partial charge in [0, 0.05) is 11.3 Å². The Morgan fingerprint density at radius 2 is 2.07 bits per heavy atom. The van der Waals surface area contributed by atoms with Gasteiger partial charge in [0.2, 0.25) is 5.91 Å². The topological polar surface area (TPSA) is 115 Å². The highest BCUT2D eigenvalue weighted by Gasteiger charge is 2.51. The first-order valence-corrected chi connectivity index (χ1v) is 8.26. The molecular weight excluding hydrogens is 348 g/mol. The van der Waals surface area contributed by atoms with E-state index in [0.717, 1.165) is 4.90 Å². The van der Waals surface area contributed by atoms with E-state index in [-0.39, 0.29) is 0 Å². The van der Waals surface area contributed by atoms with E-state index in [1.165, 1.54) is 6.07 Å². The molecule has 27 heavy (non-hydrogen) atoms. The maximum Gasteiger partial charge on any atom is 0.325 e. The van der Waals surface area contributed by atoms with E-state index in [9.17, 15) is 14.4 Å². The molecule has 1 saturated heterocycles. The highest BCUT2D eigenvalue weighted by atomic mass is 16.3. The van der Waals surface area contributed by atoms with E-state index in [4.69, 9.17) is 9.68 Å². The van der Waals surface area contributed by atoms with Gasteiger partial charge in [-0.25, -0.2) is 4.79 Å². The molecule has 1 aromatic carbocycles. The number of hydrogen-bond donors (Lipinski definition) is 2. The van der Waals surface area contributed by atoms with Crippen LogP contribution in [-0.4, -0.2) is 29.3 Å². The van der Waals surface area contributed by atoms with Gasteiger partial charge in [0.1, 0.15) is 23.6 Å².